The van der Waals surface area contributed by atoms with Crippen LogP contribution in [0.15, 0.2) is 69.7 Å². The van der Waals surface area contributed by atoms with E-state index in [1.165, 1.54) is 4.31 Å². The molecule has 0 atom stereocenters. The Labute approximate surface area is 200 Å². The quantitative estimate of drug-likeness (QED) is 0.470. The molecule has 1 aliphatic rings. The third-order valence-electron chi connectivity index (χ3n) is 5.90. The number of thiazole rings is 1. The summed E-state index contributed by atoms with van der Waals surface area (Å²) in [5, 5.41) is 0.759. The van der Waals surface area contributed by atoms with Gasteiger partial charge in [-0.3, -0.25) is 9.59 Å². The Morgan fingerprint density at radius 1 is 1.00 bits per heavy atom. The topological polar surface area (TPSA) is 103 Å². The molecule has 1 aliphatic heterocycles. The molecule has 1 amide bonds. The first-order valence-corrected chi connectivity index (χ1v) is 13.0. The summed E-state index contributed by atoms with van der Waals surface area (Å²) in [4.78, 5) is 33.7. The lowest BCUT2D eigenvalue weighted by atomic mass is 10.0. The van der Waals surface area contributed by atoms with Crippen molar-refractivity contribution in [2.75, 3.05) is 26.2 Å². The molecule has 10 heteroatoms. The number of H-pyrrole nitrogens is 1. The van der Waals surface area contributed by atoms with E-state index < -0.39 is 14.9 Å². The number of nitrogens with zero attached hydrogens (tertiary/aromatic N) is 3. The predicted molar refractivity (Wildman–Crippen MR) is 132 cm³/mol. The summed E-state index contributed by atoms with van der Waals surface area (Å²) in [6, 6.07) is 19.0. The van der Waals surface area contributed by atoms with E-state index in [1.54, 1.807) is 11.8 Å². The number of fused-ring (bicyclic) bond motifs is 1. The van der Waals surface area contributed by atoms with E-state index in [0.717, 1.165) is 16.5 Å². The zero-order chi connectivity index (χ0) is 23.9. The van der Waals surface area contributed by atoms with Gasteiger partial charge in [0.1, 0.15) is 0 Å². The van der Waals surface area contributed by atoms with Gasteiger partial charge in [-0.25, -0.2) is 13.4 Å². The summed E-state index contributed by atoms with van der Waals surface area (Å²) in [6.07, 6.45) is 0. The lowest BCUT2D eigenvalue weighted by Crippen LogP contribution is -2.50. The van der Waals surface area contributed by atoms with Crippen molar-refractivity contribution in [3.05, 3.63) is 81.6 Å². The van der Waals surface area contributed by atoms with Crippen molar-refractivity contribution < 1.29 is 13.2 Å². The van der Waals surface area contributed by atoms with Gasteiger partial charge in [0.15, 0.2) is 4.21 Å². The number of aromatic nitrogens is 2. The van der Waals surface area contributed by atoms with Gasteiger partial charge in [-0.05, 0) is 19.1 Å². The normalized spacial score (nSPS) is 15.0. The van der Waals surface area contributed by atoms with Crippen LogP contribution in [0.1, 0.15) is 16.1 Å². The van der Waals surface area contributed by atoms with Gasteiger partial charge in [-0.15, -0.1) is 0 Å². The Morgan fingerprint density at radius 2 is 1.68 bits per heavy atom. The van der Waals surface area contributed by atoms with Crippen LogP contribution in [-0.4, -0.2) is 59.7 Å². The predicted octanol–water partition coefficient (Wildman–Crippen LogP) is 3.11. The summed E-state index contributed by atoms with van der Waals surface area (Å²) in [5.41, 5.74) is 3.23. The van der Waals surface area contributed by atoms with E-state index in [2.05, 4.69) is 4.98 Å². The summed E-state index contributed by atoms with van der Waals surface area (Å²) >= 11 is 0.692. The molecule has 1 saturated heterocycles. The van der Waals surface area contributed by atoms with Crippen LogP contribution in [0.5, 0.6) is 0 Å². The second kappa shape index (κ2) is 8.79. The number of benzene rings is 2. The number of aryl methyl sites for hydroxylation is 1. The molecular weight excluding hydrogens is 472 g/mol. The largest absolute Gasteiger partial charge is 0.336 e. The van der Waals surface area contributed by atoms with Crippen LogP contribution in [0.25, 0.3) is 22.2 Å². The first kappa shape index (κ1) is 22.5. The lowest BCUT2D eigenvalue weighted by molar-refractivity contribution is 0.0700. The smallest absolute Gasteiger partial charge is 0.305 e. The molecule has 8 nitrogen and oxygen atoms in total. The first-order valence-electron chi connectivity index (χ1n) is 10.8. The van der Waals surface area contributed by atoms with Gasteiger partial charge < -0.3 is 9.88 Å². The van der Waals surface area contributed by atoms with E-state index in [9.17, 15) is 18.0 Å². The minimum absolute atomic E-state index is 0.0323. The summed E-state index contributed by atoms with van der Waals surface area (Å²) in [7, 11) is -3.79. The van der Waals surface area contributed by atoms with Gasteiger partial charge in [-0.2, -0.15) is 4.31 Å². The van der Waals surface area contributed by atoms with Gasteiger partial charge >= 0.3 is 4.87 Å². The maximum atomic E-state index is 13.6. The average Bonchev–Trinajstić information content (AvgIpc) is 3.22. The van der Waals surface area contributed by atoms with Crippen LogP contribution >= 0.6 is 11.3 Å². The van der Waals surface area contributed by atoms with Crippen molar-refractivity contribution in [1.29, 1.82) is 0 Å². The Kier molecular flexibility index (Phi) is 5.80. The molecule has 1 N–H and O–H groups in total. The van der Waals surface area contributed by atoms with Crippen molar-refractivity contribution >= 4 is 38.2 Å². The molecule has 174 valence electrons. The highest BCUT2D eigenvalue weighted by atomic mass is 32.2. The second-order valence-electron chi connectivity index (χ2n) is 8.06. The number of piperazine rings is 1. The number of carbonyl (C=O) groups is 1. The maximum absolute atomic E-state index is 13.6. The first-order chi connectivity index (χ1) is 16.3. The average molecular weight is 495 g/mol. The molecule has 5 rings (SSSR count). The summed E-state index contributed by atoms with van der Waals surface area (Å²) in [6.45, 7) is 2.41. The Bertz CT molecular complexity index is 1540. The number of rotatable bonds is 4. The van der Waals surface area contributed by atoms with Crippen LogP contribution in [0.4, 0.5) is 0 Å². The monoisotopic (exact) mass is 494 g/mol. The number of pyridine rings is 1. The molecule has 0 bridgehead atoms. The Hall–Kier alpha value is -3.34. The van der Waals surface area contributed by atoms with E-state index in [-0.39, 0.29) is 36.3 Å². The zero-order valence-electron chi connectivity index (χ0n) is 18.4. The van der Waals surface area contributed by atoms with Crippen molar-refractivity contribution in [2.24, 2.45) is 0 Å². The standard InChI is InChI=1S/C24H22N4O4S2/c1-16-23(33-24(30)25-16)34(31,32)28-13-11-27(12-14-28)22(29)19-15-21(17-7-3-2-4-8-17)26-20-10-6-5-9-18(19)20/h2-10,15H,11-14H2,1H3,(H,25,30). The number of sulfonamides is 1. The van der Waals surface area contributed by atoms with Crippen LogP contribution in [-0.2, 0) is 10.0 Å². The summed E-state index contributed by atoms with van der Waals surface area (Å²) < 4.78 is 27.4. The number of aromatic amines is 1. The molecule has 2 aromatic carbocycles. The highest BCUT2D eigenvalue weighted by Crippen LogP contribution is 2.27. The van der Waals surface area contributed by atoms with E-state index >= 15 is 0 Å². The third kappa shape index (κ3) is 4.04. The minimum atomic E-state index is -3.79. The molecular formula is C24H22N4O4S2. The number of hydrogen-bond donors (Lipinski definition) is 1. The molecule has 0 saturated carbocycles. The Morgan fingerprint density at radius 3 is 2.35 bits per heavy atom. The molecule has 0 spiro atoms. The zero-order valence-corrected chi connectivity index (χ0v) is 20.0. The van der Waals surface area contributed by atoms with E-state index in [4.69, 9.17) is 4.98 Å². The molecule has 2 aromatic heterocycles. The van der Waals surface area contributed by atoms with Crippen LogP contribution in [0.2, 0.25) is 0 Å². The molecule has 0 aliphatic carbocycles. The van der Waals surface area contributed by atoms with Gasteiger partial charge in [0.2, 0.25) is 0 Å². The van der Waals surface area contributed by atoms with Crippen molar-refractivity contribution in [1.82, 2.24) is 19.2 Å². The molecule has 4 aromatic rings. The van der Waals surface area contributed by atoms with Crippen LogP contribution < -0.4 is 4.87 Å². The Balaban J connectivity index is 1.42. The van der Waals surface area contributed by atoms with Gasteiger partial charge in [0.05, 0.1) is 16.8 Å². The van der Waals surface area contributed by atoms with Gasteiger partial charge in [0, 0.05) is 42.8 Å². The number of para-hydroxylation sites is 1. The summed E-state index contributed by atoms with van der Waals surface area (Å²) in [5.74, 6) is -0.157. The second-order valence-corrected chi connectivity index (χ2v) is 11.2. The molecule has 3 heterocycles. The molecule has 0 unspecified atom stereocenters. The maximum Gasteiger partial charge on any atom is 0.305 e. The molecule has 34 heavy (non-hydrogen) atoms. The highest BCUT2D eigenvalue weighted by molar-refractivity contribution is 7.91. The van der Waals surface area contributed by atoms with E-state index in [1.807, 2.05) is 60.7 Å². The van der Waals surface area contributed by atoms with E-state index in [0.29, 0.717) is 28.3 Å². The van der Waals surface area contributed by atoms with Crippen LogP contribution in [0.3, 0.4) is 0 Å². The highest BCUT2D eigenvalue weighted by Gasteiger charge is 2.33. The van der Waals surface area contributed by atoms with Crippen molar-refractivity contribution in [2.45, 2.75) is 11.1 Å². The number of carbonyl (C=O) groups excluding carboxylic acids is 1. The van der Waals surface area contributed by atoms with Gasteiger partial charge in [0.25, 0.3) is 15.9 Å². The van der Waals surface area contributed by atoms with Crippen molar-refractivity contribution in [3.63, 3.8) is 0 Å². The third-order valence-corrected chi connectivity index (χ3v) is 9.38. The number of nitrogens with one attached hydrogen (secondary N) is 1. The minimum Gasteiger partial charge on any atom is -0.336 e. The van der Waals surface area contributed by atoms with Gasteiger partial charge in [-0.1, -0.05) is 59.9 Å². The fourth-order valence-corrected chi connectivity index (χ4v) is 7.02. The van der Waals surface area contributed by atoms with Crippen LogP contribution in [0, 0.1) is 6.92 Å². The molecule has 1 fully saturated rings. The fourth-order valence-electron chi connectivity index (χ4n) is 4.16. The number of hydrogen-bond acceptors (Lipinski definition) is 6. The van der Waals surface area contributed by atoms with Crippen molar-refractivity contribution in [3.8, 4) is 11.3 Å². The number of amides is 1. The molecule has 0 radical (unpaired) electrons. The fraction of sp³-hybridized carbons (Fsp3) is 0.208. The SMILES string of the molecule is Cc1[nH]c(=O)sc1S(=O)(=O)N1CCN(C(=O)c2cc(-c3ccccc3)nc3ccccc23)CC1. The lowest BCUT2D eigenvalue weighted by Gasteiger charge is -2.34.